The standard InChI is InChI=1S/C32H50N2O2/c1-11-29(25-13-15-27(31(35)17-25)19-33(21(3)4)22(5)6)30(12-2)26-14-16-28(32(36)18-26)20-34(23(7)8)24(9)10/h13-18,21-24,35-36H,11-12,19-20H2,1-10H3/b30-29-. The van der Waals surface area contributed by atoms with Crippen LogP contribution in [0.3, 0.4) is 0 Å². The lowest BCUT2D eigenvalue weighted by atomic mass is 9.90. The van der Waals surface area contributed by atoms with Crippen molar-refractivity contribution in [3.05, 3.63) is 58.7 Å². The van der Waals surface area contributed by atoms with Crippen LogP contribution in [0.4, 0.5) is 0 Å². The molecule has 0 radical (unpaired) electrons. The van der Waals surface area contributed by atoms with Gasteiger partial charge in [-0.1, -0.05) is 38.1 Å². The van der Waals surface area contributed by atoms with Crippen molar-refractivity contribution in [1.29, 1.82) is 0 Å². The zero-order valence-corrected chi connectivity index (χ0v) is 24.4. The van der Waals surface area contributed by atoms with Crippen LogP contribution in [-0.4, -0.2) is 44.2 Å². The first kappa shape index (κ1) is 29.9. The topological polar surface area (TPSA) is 46.9 Å². The summed E-state index contributed by atoms with van der Waals surface area (Å²) in [7, 11) is 0. The third kappa shape index (κ3) is 7.36. The van der Waals surface area contributed by atoms with Gasteiger partial charge in [0, 0.05) is 48.4 Å². The highest BCUT2D eigenvalue weighted by molar-refractivity contribution is 5.91. The minimum atomic E-state index is 0.348. The lowest BCUT2D eigenvalue weighted by Crippen LogP contribution is -2.36. The Kier molecular flexibility index (Phi) is 11.1. The van der Waals surface area contributed by atoms with Gasteiger partial charge >= 0.3 is 0 Å². The van der Waals surface area contributed by atoms with Crippen molar-refractivity contribution in [2.24, 2.45) is 0 Å². The zero-order chi connectivity index (χ0) is 27.2. The van der Waals surface area contributed by atoms with E-state index in [9.17, 15) is 10.2 Å². The number of rotatable bonds is 12. The first-order valence-electron chi connectivity index (χ1n) is 13.8. The summed E-state index contributed by atoms with van der Waals surface area (Å²) in [4.78, 5) is 4.76. The van der Waals surface area contributed by atoms with Crippen molar-refractivity contribution in [3.8, 4) is 11.5 Å². The Balaban J connectivity index is 2.43. The monoisotopic (exact) mass is 494 g/mol. The third-order valence-corrected chi connectivity index (χ3v) is 7.30. The molecule has 0 amide bonds. The number of phenols is 2. The second kappa shape index (κ2) is 13.3. The van der Waals surface area contributed by atoms with Gasteiger partial charge in [-0.15, -0.1) is 0 Å². The number of nitrogens with zero attached hydrogens (tertiary/aromatic N) is 2. The van der Waals surface area contributed by atoms with Crippen LogP contribution in [0.15, 0.2) is 36.4 Å². The van der Waals surface area contributed by atoms with Crippen LogP contribution in [0.25, 0.3) is 11.1 Å². The molecule has 0 saturated carbocycles. The predicted molar refractivity (Wildman–Crippen MR) is 155 cm³/mol. The van der Waals surface area contributed by atoms with E-state index in [-0.39, 0.29) is 0 Å². The van der Waals surface area contributed by atoms with E-state index in [2.05, 4.69) is 103 Å². The number of hydrogen-bond donors (Lipinski definition) is 2. The normalized spacial score (nSPS) is 13.1. The van der Waals surface area contributed by atoms with Crippen LogP contribution in [0, 0.1) is 0 Å². The largest absolute Gasteiger partial charge is 0.508 e. The average molecular weight is 495 g/mol. The molecule has 0 bridgehead atoms. The van der Waals surface area contributed by atoms with Gasteiger partial charge in [0.1, 0.15) is 11.5 Å². The molecule has 4 heteroatoms. The molecule has 0 saturated heterocycles. The van der Waals surface area contributed by atoms with Crippen molar-refractivity contribution in [1.82, 2.24) is 9.80 Å². The molecule has 2 aromatic rings. The fourth-order valence-electron chi connectivity index (χ4n) is 5.27. The van der Waals surface area contributed by atoms with Gasteiger partial charge in [0.25, 0.3) is 0 Å². The van der Waals surface area contributed by atoms with Gasteiger partial charge in [-0.05, 0) is 103 Å². The molecule has 2 aromatic carbocycles. The van der Waals surface area contributed by atoms with Crippen LogP contribution >= 0.6 is 0 Å². The van der Waals surface area contributed by atoms with Crippen LogP contribution in [0.1, 0.15) is 104 Å². The summed E-state index contributed by atoms with van der Waals surface area (Å²) in [6.45, 7) is 23.3. The Morgan fingerprint density at radius 1 is 0.583 bits per heavy atom. The quantitative estimate of drug-likeness (QED) is 0.293. The van der Waals surface area contributed by atoms with Crippen LogP contribution in [0.5, 0.6) is 11.5 Å². The molecule has 0 aromatic heterocycles. The number of benzene rings is 2. The minimum Gasteiger partial charge on any atom is -0.508 e. The number of phenolic OH excluding ortho intramolecular Hbond substituents is 2. The summed E-state index contributed by atoms with van der Waals surface area (Å²) in [5.41, 5.74) is 6.42. The SMILES string of the molecule is CC/C(=C(\CC)c1ccc(CN(C(C)C)C(C)C)c(O)c1)c1ccc(CN(C(C)C)C(C)C)c(O)c1. The van der Waals surface area contributed by atoms with E-state index in [1.165, 1.54) is 11.1 Å². The Bertz CT molecular complexity index is 923. The molecule has 0 aliphatic heterocycles. The Labute approximate surface area is 220 Å². The van der Waals surface area contributed by atoms with Gasteiger partial charge < -0.3 is 10.2 Å². The third-order valence-electron chi connectivity index (χ3n) is 7.30. The van der Waals surface area contributed by atoms with Crippen molar-refractivity contribution in [2.45, 2.75) is 119 Å². The highest BCUT2D eigenvalue weighted by Crippen LogP contribution is 2.36. The molecule has 0 aliphatic carbocycles. The minimum absolute atomic E-state index is 0.348. The smallest absolute Gasteiger partial charge is 0.120 e. The van der Waals surface area contributed by atoms with Crippen LogP contribution in [0.2, 0.25) is 0 Å². The van der Waals surface area contributed by atoms with Crippen molar-refractivity contribution in [3.63, 3.8) is 0 Å². The lowest BCUT2D eigenvalue weighted by Gasteiger charge is -2.31. The van der Waals surface area contributed by atoms with Crippen molar-refractivity contribution in [2.75, 3.05) is 0 Å². The number of hydrogen-bond acceptors (Lipinski definition) is 4. The van der Waals surface area contributed by atoms with Gasteiger partial charge in [0.15, 0.2) is 0 Å². The molecule has 0 heterocycles. The maximum Gasteiger partial charge on any atom is 0.120 e. The summed E-state index contributed by atoms with van der Waals surface area (Å²) in [5.74, 6) is 0.696. The molecule has 0 unspecified atom stereocenters. The second-order valence-electron chi connectivity index (χ2n) is 11.1. The molecule has 2 N–H and O–H groups in total. The second-order valence-corrected chi connectivity index (χ2v) is 11.1. The Morgan fingerprint density at radius 3 is 1.11 bits per heavy atom. The zero-order valence-electron chi connectivity index (χ0n) is 24.4. The predicted octanol–water partition coefficient (Wildman–Crippen LogP) is 8.07. The average Bonchev–Trinajstić information content (AvgIpc) is 2.79. The van der Waals surface area contributed by atoms with Crippen molar-refractivity contribution < 1.29 is 10.2 Å². The first-order valence-corrected chi connectivity index (χ1v) is 13.8. The maximum atomic E-state index is 10.9. The molecule has 200 valence electrons. The van der Waals surface area contributed by atoms with Gasteiger partial charge in [0.05, 0.1) is 0 Å². The van der Waals surface area contributed by atoms with Gasteiger partial charge in [0.2, 0.25) is 0 Å². The van der Waals surface area contributed by atoms with Crippen molar-refractivity contribution >= 4 is 11.1 Å². The summed E-state index contributed by atoms with van der Waals surface area (Å²) in [6, 6.07) is 13.9. The van der Waals surface area contributed by atoms with Gasteiger partial charge in [-0.25, -0.2) is 0 Å². The molecule has 2 rings (SSSR count). The summed E-state index contributed by atoms with van der Waals surface area (Å²) >= 11 is 0. The summed E-state index contributed by atoms with van der Waals surface area (Å²) in [6.07, 6.45) is 1.70. The van der Waals surface area contributed by atoms with E-state index < -0.39 is 0 Å². The number of aromatic hydroxyl groups is 2. The van der Waals surface area contributed by atoms with E-state index in [1.807, 2.05) is 12.1 Å². The molecule has 0 spiro atoms. The Morgan fingerprint density at radius 2 is 0.889 bits per heavy atom. The molecular formula is C32H50N2O2. The molecular weight excluding hydrogens is 444 g/mol. The van der Waals surface area contributed by atoms with Crippen LogP contribution < -0.4 is 0 Å². The van der Waals surface area contributed by atoms with E-state index in [0.717, 1.165) is 48.2 Å². The highest BCUT2D eigenvalue weighted by Gasteiger charge is 2.19. The van der Waals surface area contributed by atoms with E-state index in [1.54, 1.807) is 0 Å². The molecule has 4 nitrogen and oxygen atoms in total. The van der Waals surface area contributed by atoms with Gasteiger partial charge in [-0.2, -0.15) is 0 Å². The summed E-state index contributed by atoms with van der Waals surface area (Å²) < 4.78 is 0. The first-order chi connectivity index (χ1) is 16.9. The molecule has 36 heavy (non-hydrogen) atoms. The Hall–Kier alpha value is -2.30. The lowest BCUT2D eigenvalue weighted by molar-refractivity contribution is 0.164. The molecule has 0 atom stereocenters. The molecule has 0 fully saturated rings. The fourth-order valence-corrected chi connectivity index (χ4v) is 5.27. The van der Waals surface area contributed by atoms with E-state index >= 15 is 0 Å². The summed E-state index contributed by atoms with van der Waals surface area (Å²) in [5, 5.41) is 21.9. The number of allylic oxidation sites excluding steroid dienone is 2. The van der Waals surface area contributed by atoms with Crippen LogP contribution in [-0.2, 0) is 13.1 Å². The fraction of sp³-hybridized carbons (Fsp3) is 0.562. The highest BCUT2D eigenvalue weighted by atomic mass is 16.3. The van der Waals surface area contributed by atoms with Gasteiger partial charge in [-0.3, -0.25) is 9.80 Å². The van der Waals surface area contributed by atoms with E-state index in [0.29, 0.717) is 35.7 Å². The maximum absolute atomic E-state index is 10.9. The van der Waals surface area contributed by atoms with E-state index in [4.69, 9.17) is 0 Å². The molecule has 0 aliphatic rings.